The van der Waals surface area contributed by atoms with Gasteiger partial charge in [0, 0.05) is 67.3 Å². The predicted octanol–water partition coefficient (Wildman–Crippen LogP) is 3.79. The minimum atomic E-state index is -1.85. The van der Waals surface area contributed by atoms with Crippen LogP contribution in [0, 0.1) is 0 Å². The maximum Gasteiger partial charge on any atom is 0.202 e. The van der Waals surface area contributed by atoms with Crippen LogP contribution in [-0.2, 0) is 47.4 Å². The third-order valence-electron chi connectivity index (χ3n) is 16.7. The summed E-state index contributed by atoms with van der Waals surface area (Å²) in [5.74, 6) is -3.62. The number of ketones is 2. The number of rotatable bonds is 13. The third-order valence-corrected chi connectivity index (χ3v) is 16.7. The van der Waals surface area contributed by atoms with Crippen LogP contribution in [0.4, 0.5) is 0 Å². The van der Waals surface area contributed by atoms with Crippen LogP contribution in [0.5, 0.6) is 17.2 Å². The van der Waals surface area contributed by atoms with E-state index in [4.69, 9.17) is 47.4 Å². The molecule has 5 fully saturated rings. The van der Waals surface area contributed by atoms with Gasteiger partial charge in [0.2, 0.25) is 5.78 Å². The summed E-state index contributed by atoms with van der Waals surface area (Å²) in [5.41, 5.74) is -3.69. The summed E-state index contributed by atoms with van der Waals surface area (Å²) in [5, 5.41) is 81.1. The van der Waals surface area contributed by atoms with Gasteiger partial charge in [0.05, 0.1) is 83.3 Å². The van der Waals surface area contributed by atoms with Crippen molar-refractivity contribution in [3.63, 3.8) is 0 Å². The van der Waals surface area contributed by atoms with Crippen LogP contribution in [0.2, 0.25) is 0 Å². The Hall–Kier alpha value is -3.46. The lowest BCUT2D eigenvalue weighted by molar-refractivity contribution is -0.333. The number of fused-ring (bicyclic) bond motifs is 3. The van der Waals surface area contributed by atoms with Gasteiger partial charge >= 0.3 is 0 Å². The fourth-order valence-electron chi connectivity index (χ4n) is 12.3. The van der Waals surface area contributed by atoms with Crippen molar-refractivity contribution < 1.29 is 92.7 Å². The maximum atomic E-state index is 14.3. The largest absolute Gasteiger partial charge is 0.507 e. The molecule has 5 saturated heterocycles. The van der Waals surface area contributed by atoms with E-state index in [0.717, 1.165) is 0 Å². The zero-order valence-corrected chi connectivity index (χ0v) is 44.6. The van der Waals surface area contributed by atoms with Gasteiger partial charge in [-0.25, -0.2) is 0 Å². The molecule has 0 saturated carbocycles. The molecule has 2 aliphatic carbocycles. The highest BCUT2D eigenvalue weighted by atomic mass is 16.7. The Balaban J connectivity index is 0.924. The van der Waals surface area contributed by atoms with E-state index in [1.54, 1.807) is 13.8 Å². The van der Waals surface area contributed by atoms with Crippen LogP contribution in [0.25, 0.3) is 0 Å². The number of aliphatic hydroxyl groups excluding tert-OH is 3. The van der Waals surface area contributed by atoms with Gasteiger partial charge in [-0.1, -0.05) is 19.1 Å². The first-order chi connectivity index (χ1) is 35.5. The quantitative estimate of drug-likeness (QED) is 0.120. The number of phenolic OH excluding ortho intramolecular Hbond substituents is 3. The van der Waals surface area contributed by atoms with Crippen molar-refractivity contribution in [3.8, 4) is 17.2 Å². The average molecular weight is 1060 g/mol. The summed E-state index contributed by atoms with van der Waals surface area (Å²) in [7, 11) is 7.37. The zero-order valence-electron chi connectivity index (χ0n) is 44.6. The number of likely N-dealkylation sites (N-methyl/N-ethyl adjacent to an activating group) is 2. The molecule has 18 unspecified atom stereocenters. The van der Waals surface area contributed by atoms with Crippen molar-refractivity contribution in [1.82, 2.24) is 9.80 Å². The molecule has 2 aromatic rings. The number of aromatic hydroxyl groups is 3. The molecular formula is C54H78N2O19. The molecule has 21 nitrogen and oxygen atoms in total. The highest BCUT2D eigenvalue weighted by Crippen LogP contribution is 2.58. The standard InChI is InChI=1S/C54H78N2O19/c1-11-54(65)22-35(42-45(53(54)75-39-19-29(55(7)8)46(60)25(4)68-39)50(64)43-44(49(42)63)48(62)41-28(47(43)61)13-12-14-32(41)58)72-38-20-30(56(9)10)51(26(5)69-38)74-40-21-33(59)52(27(6)70-40)73-37-18-16-34(24(3)67-37)71-36-17-15-31(57)23(2)66-36/h12-14,23-27,29-31,33-40,46,51-53,57-60,63-65H,11,15-22H2,1-10H3/t23?,24?,25?,26?,27?,29?,30?,31?,33?,34?,35-,36?,37?,38?,39?,40?,46?,51?,52?,53+,54+/m1/s1. The van der Waals surface area contributed by atoms with Crippen LogP contribution in [0.15, 0.2) is 18.2 Å². The van der Waals surface area contributed by atoms with Gasteiger partial charge < -0.3 is 92.9 Å². The number of aliphatic hydroxyl groups is 4. The number of benzene rings is 2. The van der Waals surface area contributed by atoms with Gasteiger partial charge in [0.25, 0.3) is 0 Å². The molecule has 7 aliphatic rings. The molecule has 21 heteroatoms. The molecule has 5 heterocycles. The van der Waals surface area contributed by atoms with Gasteiger partial charge in [-0.05, 0) is 88.1 Å². The zero-order chi connectivity index (χ0) is 54.1. The Morgan fingerprint density at radius 3 is 1.80 bits per heavy atom. The summed E-state index contributed by atoms with van der Waals surface area (Å²) in [6, 6.07) is 3.19. The number of nitrogens with zero attached hydrogens (tertiary/aromatic N) is 2. The molecule has 0 aromatic heterocycles. The molecule has 21 atom stereocenters. The lowest BCUT2D eigenvalue weighted by Crippen LogP contribution is -2.58. The van der Waals surface area contributed by atoms with Crippen LogP contribution in [0.3, 0.4) is 0 Å². The van der Waals surface area contributed by atoms with E-state index in [2.05, 4.69) is 0 Å². The summed E-state index contributed by atoms with van der Waals surface area (Å²) in [4.78, 5) is 32.4. The Labute approximate surface area is 437 Å². The van der Waals surface area contributed by atoms with Crippen LogP contribution >= 0.6 is 0 Å². The predicted molar refractivity (Wildman–Crippen MR) is 264 cm³/mol. The molecule has 7 N–H and O–H groups in total. The second-order valence-electron chi connectivity index (χ2n) is 22.2. The van der Waals surface area contributed by atoms with Gasteiger partial charge in [0.15, 0.2) is 37.2 Å². The summed E-state index contributed by atoms with van der Waals surface area (Å²) in [6.45, 7) is 10.8. The molecule has 418 valence electrons. The molecule has 5 aliphatic heterocycles. The second-order valence-corrected chi connectivity index (χ2v) is 22.2. The minimum Gasteiger partial charge on any atom is -0.507 e. The van der Waals surface area contributed by atoms with Crippen LogP contribution in [-0.4, -0.2) is 202 Å². The molecule has 0 spiro atoms. The van der Waals surface area contributed by atoms with Crippen LogP contribution in [0.1, 0.15) is 155 Å². The van der Waals surface area contributed by atoms with E-state index in [9.17, 15) is 45.3 Å². The second kappa shape index (κ2) is 22.4. The van der Waals surface area contributed by atoms with E-state index >= 15 is 0 Å². The molecule has 0 radical (unpaired) electrons. The molecule has 0 bridgehead atoms. The van der Waals surface area contributed by atoms with Crippen molar-refractivity contribution in [2.24, 2.45) is 0 Å². The molecule has 2 aromatic carbocycles. The average Bonchev–Trinajstić information content (AvgIpc) is 3.37. The SMILES string of the molecule is CC[C@]1(O)C[C@@H](OC2CC(N(C)C)C(OC3CC(O)C(OC4CCC(OC5CCC(O)C(C)O5)C(C)O4)C(C)O3)C(C)O2)c2c(O)c3c(c(O)c2[C@@H]1OC1CC(N(C)C)C(O)C(C)O1)C(=O)c1cccc(O)c1C3=O. The fraction of sp³-hybridized carbons (Fsp3) is 0.741. The lowest BCUT2D eigenvalue weighted by Gasteiger charge is -2.49. The number of carbonyl (C=O) groups is 2. The monoisotopic (exact) mass is 1060 g/mol. The number of ether oxygens (including phenoxy) is 10. The number of hydrogen-bond acceptors (Lipinski definition) is 21. The first-order valence-corrected chi connectivity index (χ1v) is 26.7. The van der Waals surface area contributed by atoms with E-state index in [-0.39, 0.29) is 78.7 Å². The van der Waals surface area contributed by atoms with Gasteiger partial charge in [-0.3, -0.25) is 9.59 Å². The Morgan fingerprint density at radius 2 is 1.15 bits per heavy atom. The van der Waals surface area contributed by atoms with Crippen molar-refractivity contribution in [1.29, 1.82) is 0 Å². The fourth-order valence-corrected chi connectivity index (χ4v) is 12.3. The summed E-state index contributed by atoms with van der Waals surface area (Å²) in [6.07, 6.45) is -10.6. The first kappa shape index (κ1) is 56.3. The van der Waals surface area contributed by atoms with Gasteiger partial charge in [-0.2, -0.15) is 0 Å². The topological polar surface area (TPSA) is 275 Å². The molecule has 75 heavy (non-hydrogen) atoms. The Morgan fingerprint density at radius 1 is 0.587 bits per heavy atom. The highest BCUT2D eigenvalue weighted by molar-refractivity contribution is 6.31. The van der Waals surface area contributed by atoms with E-state index in [0.29, 0.717) is 25.7 Å². The normalized spacial score (nSPS) is 41.3. The smallest absolute Gasteiger partial charge is 0.202 e. The van der Waals surface area contributed by atoms with E-state index in [1.165, 1.54) is 18.2 Å². The first-order valence-electron chi connectivity index (χ1n) is 26.7. The summed E-state index contributed by atoms with van der Waals surface area (Å²) >= 11 is 0. The van der Waals surface area contributed by atoms with Crippen molar-refractivity contribution in [2.75, 3.05) is 28.2 Å². The van der Waals surface area contributed by atoms with Crippen molar-refractivity contribution >= 4 is 11.6 Å². The van der Waals surface area contributed by atoms with Crippen LogP contribution < -0.4 is 0 Å². The number of phenols is 3. The minimum absolute atomic E-state index is 0.0283. The van der Waals surface area contributed by atoms with Gasteiger partial charge in [0.1, 0.15) is 35.6 Å². The maximum absolute atomic E-state index is 14.3. The number of hydrogen-bond donors (Lipinski definition) is 7. The van der Waals surface area contributed by atoms with Gasteiger partial charge in [-0.15, -0.1) is 0 Å². The Kier molecular flexibility index (Phi) is 16.8. The summed E-state index contributed by atoms with van der Waals surface area (Å²) < 4.78 is 63.8. The molecule has 0 amide bonds. The van der Waals surface area contributed by atoms with E-state index in [1.807, 2.05) is 65.7 Å². The Bertz CT molecular complexity index is 2380. The lowest BCUT2D eigenvalue weighted by atomic mass is 9.70. The third kappa shape index (κ3) is 10.9. The van der Waals surface area contributed by atoms with Crippen molar-refractivity contribution in [3.05, 3.63) is 51.6 Å². The van der Waals surface area contributed by atoms with Crippen molar-refractivity contribution in [2.45, 2.75) is 228 Å². The molecule has 9 rings (SSSR count). The molecular weight excluding hydrogens is 981 g/mol. The van der Waals surface area contributed by atoms with E-state index < -0.39 is 144 Å². The highest BCUT2D eigenvalue weighted by Gasteiger charge is 2.55. The number of carbonyl (C=O) groups excluding carboxylic acids is 2.